The molecule has 1 unspecified atom stereocenters. The standard InChI is InChI=1S/C24H25F3N2O2/c1-3-29(13(2)12-30)24(31)16-8-15(9-16)21-19-10-18(26)11-20(27)23(19)28-22(21)14-4-6-17(25)7-5-14/h4-7,10-11,13,15-16,28,30H,3,8-9,12H2,1-2H3/t13?,15-,16-. The highest BCUT2D eigenvalue weighted by Gasteiger charge is 2.40. The van der Waals surface area contributed by atoms with E-state index >= 15 is 0 Å². The smallest absolute Gasteiger partial charge is 0.226 e. The van der Waals surface area contributed by atoms with Gasteiger partial charge in [-0.3, -0.25) is 4.79 Å². The van der Waals surface area contributed by atoms with E-state index in [0.717, 1.165) is 11.6 Å². The van der Waals surface area contributed by atoms with Crippen LogP contribution in [-0.4, -0.2) is 40.1 Å². The van der Waals surface area contributed by atoms with E-state index in [4.69, 9.17) is 0 Å². The Kier molecular flexibility index (Phi) is 5.79. The average Bonchev–Trinajstić information content (AvgIpc) is 3.07. The van der Waals surface area contributed by atoms with Gasteiger partial charge in [-0.05, 0) is 74.1 Å². The fraction of sp³-hybridized carbons (Fsp3) is 0.375. The SMILES string of the molecule is CCN(C(=O)[C@H]1C[C@H](c2c(-c3ccc(F)cc3)[nH]c3c(F)cc(F)cc32)C1)C(C)CO. The van der Waals surface area contributed by atoms with Gasteiger partial charge in [0.25, 0.3) is 0 Å². The van der Waals surface area contributed by atoms with Crippen LogP contribution in [0.2, 0.25) is 0 Å². The number of amides is 1. The van der Waals surface area contributed by atoms with Crippen LogP contribution in [0.25, 0.3) is 22.2 Å². The molecule has 0 bridgehead atoms. The quantitative estimate of drug-likeness (QED) is 0.580. The van der Waals surface area contributed by atoms with E-state index in [2.05, 4.69) is 4.98 Å². The van der Waals surface area contributed by atoms with Crippen LogP contribution in [0.4, 0.5) is 13.2 Å². The van der Waals surface area contributed by atoms with Crippen molar-refractivity contribution in [2.45, 2.75) is 38.6 Å². The Labute approximate surface area is 178 Å². The van der Waals surface area contributed by atoms with Gasteiger partial charge in [-0.1, -0.05) is 0 Å². The molecule has 1 atom stereocenters. The third kappa shape index (κ3) is 3.82. The van der Waals surface area contributed by atoms with Crippen molar-refractivity contribution >= 4 is 16.8 Å². The van der Waals surface area contributed by atoms with E-state index in [1.54, 1.807) is 24.0 Å². The Morgan fingerprint density at radius 1 is 1.16 bits per heavy atom. The van der Waals surface area contributed by atoms with Gasteiger partial charge in [0.1, 0.15) is 17.5 Å². The fourth-order valence-corrected chi connectivity index (χ4v) is 4.58. The van der Waals surface area contributed by atoms with E-state index in [1.165, 1.54) is 18.2 Å². The maximum atomic E-state index is 14.5. The lowest BCUT2D eigenvalue weighted by molar-refractivity contribution is -0.141. The predicted molar refractivity (Wildman–Crippen MR) is 113 cm³/mol. The monoisotopic (exact) mass is 430 g/mol. The Morgan fingerprint density at radius 3 is 2.45 bits per heavy atom. The van der Waals surface area contributed by atoms with Crippen LogP contribution in [0.5, 0.6) is 0 Å². The molecule has 1 saturated carbocycles. The molecule has 1 aromatic heterocycles. The highest BCUT2D eigenvalue weighted by atomic mass is 19.1. The van der Waals surface area contributed by atoms with E-state index in [1.807, 2.05) is 6.92 Å². The zero-order valence-corrected chi connectivity index (χ0v) is 17.5. The molecule has 0 aliphatic heterocycles. The van der Waals surface area contributed by atoms with Crippen molar-refractivity contribution in [1.29, 1.82) is 0 Å². The fourth-order valence-electron chi connectivity index (χ4n) is 4.58. The first-order chi connectivity index (χ1) is 14.8. The summed E-state index contributed by atoms with van der Waals surface area (Å²) in [6, 6.07) is 7.72. The normalized spacial score (nSPS) is 19.3. The van der Waals surface area contributed by atoms with Crippen LogP contribution in [0.1, 0.15) is 38.2 Å². The van der Waals surface area contributed by atoms with Crippen LogP contribution < -0.4 is 0 Å². The van der Waals surface area contributed by atoms with Crippen LogP contribution >= 0.6 is 0 Å². The molecule has 3 aromatic rings. The zero-order valence-electron chi connectivity index (χ0n) is 17.5. The van der Waals surface area contributed by atoms with Crippen molar-refractivity contribution in [3.05, 3.63) is 59.4 Å². The molecule has 2 N–H and O–H groups in total. The maximum absolute atomic E-state index is 14.5. The van der Waals surface area contributed by atoms with Gasteiger partial charge >= 0.3 is 0 Å². The molecule has 4 nitrogen and oxygen atoms in total. The minimum atomic E-state index is -0.689. The Hall–Kier alpha value is -2.80. The summed E-state index contributed by atoms with van der Waals surface area (Å²) in [5.74, 6) is -2.02. The lowest BCUT2D eigenvalue weighted by Crippen LogP contribution is -2.46. The molecule has 1 aliphatic rings. The minimum absolute atomic E-state index is 0.0131. The third-order valence-corrected chi connectivity index (χ3v) is 6.31. The van der Waals surface area contributed by atoms with Gasteiger partial charge in [-0.15, -0.1) is 0 Å². The van der Waals surface area contributed by atoms with Crippen molar-refractivity contribution in [2.75, 3.05) is 13.2 Å². The van der Waals surface area contributed by atoms with Gasteiger partial charge in [0.2, 0.25) is 5.91 Å². The Balaban J connectivity index is 1.70. The summed E-state index contributed by atoms with van der Waals surface area (Å²) in [7, 11) is 0. The number of nitrogens with one attached hydrogen (secondary N) is 1. The van der Waals surface area contributed by atoms with E-state index < -0.39 is 11.6 Å². The molecule has 7 heteroatoms. The second-order valence-corrected chi connectivity index (χ2v) is 8.25. The number of nitrogens with zero attached hydrogens (tertiary/aromatic N) is 1. The Morgan fingerprint density at radius 2 is 1.84 bits per heavy atom. The summed E-state index contributed by atoms with van der Waals surface area (Å²) in [5.41, 5.74) is 2.25. The predicted octanol–water partition coefficient (Wildman–Crippen LogP) is 4.98. The summed E-state index contributed by atoms with van der Waals surface area (Å²) < 4.78 is 41.9. The number of hydrogen-bond donors (Lipinski definition) is 2. The largest absolute Gasteiger partial charge is 0.394 e. The molecule has 1 aliphatic carbocycles. The maximum Gasteiger partial charge on any atom is 0.226 e. The topological polar surface area (TPSA) is 56.3 Å². The van der Waals surface area contributed by atoms with Gasteiger partial charge in [0.05, 0.1) is 23.9 Å². The summed E-state index contributed by atoms with van der Waals surface area (Å²) >= 11 is 0. The molecule has 0 saturated heterocycles. The van der Waals surface area contributed by atoms with Crippen LogP contribution in [0.3, 0.4) is 0 Å². The van der Waals surface area contributed by atoms with E-state index in [-0.39, 0.29) is 41.7 Å². The number of hydrogen-bond acceptors (Lipinski definition) is 2. The summed E-state index contributed by atoms with van der Waals surface area (Å²) in [6.07, 6.45) is 1.10. The van der Waals surface area contributed by atoms with Gasteiger partial charge in [0, 0.05) is 23.9 Å². The van der Waals surface area contributed by atoms with E-state index in [0.29, 0.717) is 36.0 Å². The van der Waals surface area contributed by atoms with Crippen molar-refractivity contribution in [3.63, 3.8) is 0 Å². The number of aliphatic hydroxyl groups excluding tert-OH is 1. The lowest BCUT2D eigenvalue weighted by Gasteiger charge is -2.39. The van der Waals surface area contributed by atoms with Gasteiger partial charge in [-0.25, -0.2) is 13.2 Å². The second-order valence-electron chi connectivity index (χ2n) is 8.25. The zero-order chi connectivity index (χ0) is 22.3. The van der Waals surface area contributed by atoms with Crippen molar-refractivity contribution in [3.8, 4) is 11.3 Å². The third-order valence-electron chi connectivity index (χ3n) is 6.31. The van der Waals surface area contributed by atoms with Gasteiger partial charge < -0.3 is 15.0 Å². The number of carbonyl (C=O) groups is 1. The number of likely N-dealkylation sites (N-methyl/N-ethyl adjacent to an activating group) is 1. The molecule has 31 heavy (non-hydrogen) atoms. The summed E-state index contributed by atoms with van der Waals surface area (Å²) in [4.78, 5) is 17.6. The van der Waals surface area contributed by atoms with E-state index in [9.17, 15) is 23.1 Å². The average molecular weight is 430 g/mol. The molecule has 164 valence electrons. The van der Waals surface area contributed by atoms with Gasteiger partial charge in [0.15, 0.2) is 0 Å². The summed E-state index contributed by atoms with van der Waals surface area (Å²) in [5, 5.41) is 9.86. The Bertz CT molecular complexity index is 1100. The van der Waals surface area contributed by atoms with Crippen LogP contribution in [0.15, 0.2) is 36.4 Å². The number of benzene rings is 2. The first-order valence-electron chi connectivity index (χ1n) is 10.5. The number of aromatic amines is 1. The molecular formula is C24H25F3N2O2. The highest BCUT2D eigenvalue weighted by Crippen LogP contribution is 2.49. The van der Waals surface area contributed by atoms with Crippen LogP contribution in [0, 0.1) is 23.4 Å². The molecule has 0 spiro atoms. The summed E-state index contributed by atoms with van der Waals surface area (Å²) in [6.45, 7) is 4.07. The number of aliphatic hydroxyl groups is 1. The number of fused-ring (bicyclic) bond motifs is 1. The second kappa shape index (κ2) is 8.38. The number of carbonyl (C=O) groups excluding carboxylic acids is 1. The molecule has 2 aromatic carbocycles. The van der Waals surface area contributed by atoms with Gasteiger partial charge in [-0.2, -0.15) is 0 Å². The van der Waals surface area contributed by atoms with Crippen molar-refractivity contribution in [2.24, 2.45) is 5.92 Å². The minimum Gasteiger partial charge on any atom is -0.394 e. The van der Waals surface area contributed by atoms with Crippen molar-refractivity contribution < 1.29 is 23.1 Å². The highest BCUT2D eigenvalue weighted by molar-refractivity contribution is 5.92. The van der Waals surface area contributed by atoms with Crippen molar-refractivity contribution in [1.82, 2.24) is 9.88 Å². The first kappa shape index (κ1) is 21.4. The van der Waals surface area contributed by atoms with Crippen LogP contribution in [-0.2, 0) is 4.79 Å². The number of H-pyrrole nitrogens is 1. The first-order valence-corrected chi connectivity index (χ1v) is 10.5. The molecular weight excluding hydrogens is 405 g/mol. The number of halogens is 3. The molecule has 1 fully saturated rings. The molecule has 1 heterocycles. The number of rotatable bonds is 6. The molecule has 4 rings (SSSR count). The molecule has 0 radical (unpaired) electrons. The molecule has 1 amide bonds. The lowest BCUT2D eigenvalue weighted by atomic mass is 9.69. The number of aromatic nitrogens is 1.